The van der Waals surface area contributed by atoms with Crippen LogP contribution in [0, 0.1) is 35.0 Å². The Labute approximate surface area is 178 Å². The summed E-state index contributed by atoms with van der Waals surface area (Å²) >= 11 is 0. The summed E-state index contributed by atoms with van der Waals surface area (Å²) < 4.78 is 0. The van der Waals surface area contributed by atoms with Gasteiger partial charge in [-0.3, -0.25) is 0 Å². The molecule has 3 aromatic carbocycles. The molecule has 8 rings (SSSR count). The first-order chi connectivity index (χ1) is 14.8. The molecule has 0 amide bonds. The summed E-state index contributed by atoms with van der Waals surface area (Å²) in [6.07, 6.45) is 7.09. The SMILES string of the molecule is N#Cc1ccccc1-c1ccc2c(c1)C1(c3ccccc3-2)C2CC3CC(C2)CC1C3. The van der Waals surface area contributed by atoms with Gasteiger partial charge in [0, 0.05) is 5.41 Å². The molecule has 0 aromatic heterocycles. The van der Waals surface area contributed by atoms with Gasteiger partial charge in [0.2, 0.25) is 0 Å². The van der Waals surface area contributed by atoms with Crippen LogP contribution < -0.4 is 0 Å². The molecule has 30 heavy (non-hydrogen) atoms. The summed E-state index contributed by atoms with van der Waals surface area (Å²) in [5.41, 5.74) is 9.28. The van der Waals surface area contributed by atoms with Crippen LogP contribution in [0.3, 0.4) is 0 Å². The van der Waals surface area contributed by atoms with Crippen molar-refractivity contribution in [1.29, 1.82) is 5.26 Å². The Morgan fingerprint density at radius 3 is 2.03 bits per heavy atom. The lowest BCUT2D eigenvalue weighted by Gasteiger charge is -2.61. The first kappa shape index (κ1) is 16.9. The van der Waals surface area contributed by atoms with Crippen LogP contribution in [0.25, 0.3) is 22.3 Å². The van der Waals surface area contributed by atoms with E-state index in [0.717, 1.165) is 34.8 Å². The summed E-state index contributed by atoms with van der Waals surface area (Å²) in [6, 6.07) is 26.7. The second kappa shape index (κ2) is 5.86. The van der Waals surface area contributed by atoms with E-state index in [1.807, 2.05) is 12.1 Å². The highest BCUT2D eigenvalue weighted by atomic mass is 14.6. The zero-order chi connectivity index (χ0) is 19.9. The molecule has 0 unspecified atom stereocenters. The van der Waals surface area contributed by atoms with Gasteiger partial charge >= 0.3 is 0 Å². The maximum Gasteiger partial charge on any atom is 0.0998 e. The maximum atomic E-state index is 9.67. The maximum absolute atomic E-state index is 9.67. The number of nitrogens with zero attached hydrogens (tertiary/aromatic N) is 1. The average molecular weight is 388 g/mol. The fourth-order valence-corrected chi connectivity index (χ4v) is 8.15. The first-order valence-electron chi connectivity index (χ1n) is 11.5. The molecule has 1 heteroatoms. The minimum absolute atomic E-state index is 0.191. The third-order valence-corrected chi connectivity index (χ3v) is 8.91. The predicted molar refractivity (Wildman–Crippen MR) is 120 cm³/mol. The van der Waals surface area contributed by atoms with Crippen LogP contribution in [-0.4, -0.2) is 0 Å². The number of hydrogen-bond acceptors (Lipinski definition) is 1. The molecule has 0 N–H and O–H groups in total. The molecule has 1 spiro atoms. The van der Waals surface area contributed by atoms with E-state index in [1.165, 1.54) is 48.8 Å². The van der Waals surface area contributed by atoms with Gasteiger partial charge in [0.1, 0.15) is 0 Å². The lowest BCUT2D eigenvalue weighted by Crippen LogP contribution is -2.55. The Bertz CT molecular complexity index is 1200. The van der Waals surface area contributed by atoms with Gasteiger partial charge in [-0.05, 0) is 101 Å². The molecule has 4 bridgehead atoms. The van der Waals surface area contributed by atoms with Crippen LogP contribution >= 0.6 is 0 Å². The molecule has 1 nitrogen and oxygen atoms in total. The normalized spacial score (nSPS) is 32.1. The van der Waals surface area contributed by atoms with Crippen molar-refractivity contribution in [2.75, 3.05) is 0 Å². The largest absolute Gasteiger partial charge is 0.192 e. The van der Waals surface area contributed by atoms with Gasteiger partial charge in [-0.15, -0.1) is 0 Å². The Morgan fingerprint density at radius 1 is 0.667 bits per heavy atom. The van der Waals surface area contributed by atoms with E-state index in [-0.39, 0.29) is 5.41 Å². The standard InChI is InChI=1S/C29H25N/c30-17-21-5-1-2-6-24(21)20-9-10-26-25-7-3-4-8-27(25)29(28(26)16-20)22-12-18-11-19(14-22)15-23(29)13-18/h1-10,16,18-19,22-23H,11-15H2. The third-order valence-electron chi connectivity index (χ3n) is 8.91. The molecular formula is C29H25N. The fourth-order valence-electron chi connectivity index (χ4n) is 8.15. The van der Waals surface area contributed by atoms with E-state index in [0.29, 0.717) is 0 Å². The summed E-state index contributed by atoms with van der Waals surface area (Å²) in [7, 11) is 0. The van der Waals surface area contributed by atoms with Gasteiger partial charge in [-0.1, -0.05) is 54.6 Å². The number of hydrogen-bond donors (Lipinski definition) is 0. The Hall–Kier alpha value is -2.85. The van der Waals surface area contributed by atoms with E-state index >= 15 is 0 Å². The number of fused-ring (bicyclic) bond motifs is 3. The number of nitriles is 1. The van der Waals surface area contributed by atoms with E-state index in [9.17, 15) is 5.26 Å². The topological polar surface area (TPSA) is 23.8 Å². The van der Waals surface area contributed by atoms with Crippen LogP contribution in [0.1, 0.15) is 48.8 Å². The molecule has 3 aromatic rings. The Balaban J connectivity index is 1.50. The molecule has 0 atom stereocenters. The summed E-state index contributed by atoms with van der Waals surface area (Å²) in [6.45, 7) is 0. The van der Waals surface area contributed by atoms with Crippen molar-refractivity contribution in [2.24, 2.45) is 23.7 Å². The van der Waals surface area contributed by atoms with E-state index in [1.54, 1.807) is 11.1 Å². The van der Waals surface area contributed by atoms with Crippen LogP contribution in [0.4, 0.5) is 0 Å². The molecule has 4 fully saturated rings. The molecule has 5 aliphatic carbocycles. The third kappa shape index (κ3) is 1.98. The molecular weight excluding hydrogens is 362 g/mol. The zero-order valence-corrected chi connectivity index (χ0v) is 17.1. The molecule has 0 radical (unpaired) electrons. The molecule has 0 heterocycles. The van der Waals surface area contributed by atoms with Crippen molar-refractivity contribution in [2.45, 2.75) is 37.5 Å². The van der Waals surface area contributed by atoms with Crippen LogP contribution in [0.15, 0.2) is 66.7 Å². The number of rotatable bonds is 1. The van der Waals surface area contributed by atoms with Gasteiger partial charge in [0.05, 0.1) is 11.6 Å². The molecule has 5 aliphatic rings. The van der Waals surface area contributed by atoms with E-state index in [4.69, 9.17) is 0 Å². The van der Waals surface area contributed by atoms with Gasteiger partial charge in [0.25, 0.3) is 0 Å². The average Bonchev–Trinajstić information content (AvgIpc) is 3.07. The van der Waals surface area contributed by atoms with E-state index < -0.39 is 0 Å². The van der Waals surface area contributed by atoms with Crippen molar-refractivity contribution in [3.05, 3.63) is 83.4 Å². The van der Waals surface area contributed by atoms with Gasteiger partial charge < -0.3 is 0 Å². The zero-order valence-electron chi connectivity index (χ0n) is 17.1. The lowest BCUT2D eigenvalue weighted by molar-refractivity contribution is -0.0399. The second-order valence-electron chi connectivity index (χ2n) is 10.1. The molecule has 0 aliphatic heterocycles. The lowest BCUT2D eigenvalue weighted by atomic mass is 9.43. The molecule has 146 valence electrons. The number of benzene rings is 3. The molecule has 0 saturated heterocycles. The highest BCUT2D eigenvalue weighted by Gasteiger charge is 2.61. The highest BCUT2D eigenvalue weighted by Crippen LogP contribution is 2.69. The highest BCUT2D eigenvalue weighted by molar-refractivity contribution is 5.85. The predicted octanol–water partition coefficient (Wildman–Crippen LogP) is 6.95. The van der Waals surface area contributed by atoms with Gasteiger partial charge in [-0.25, -0.2) is 0 Å². The van der Waals surface area contributed by atoms with E-state index in [2.05, 4.69) is 60.7 Å². The Kier molecular flexibility index (Phi) is 3.30. The van der Waals surface area contributed by atoms with Gasteiger partial charge in [-0.2, -0.15) is 5.26 Å². The minimum atomic E-state index is 0.191. The monoisotopic (exact) mass is 387 g/mol. The fraction of sp³-hybridized carbons (Fsp3) is 0.345. The van der Waals surface area contributed by atoms with Crippen LogP contribution in [0.5, 0.6) is 0 Å². The van der Waals surface area contributed by atoms with Crippen molar-refractivity contribution in [3.63, 3.8) is 0 Å². The van der Waals surface area contributed by atoms with Crippen LogP contribution in [0.2, 0.25) is 0 Å². The first-order valence-corrected chi connectivity index (χ1v) is 11.5. The van der Waals surface area contributed by atoms with Crippen molar-refractivity contribution in [3.8, 4) is 28.3 Å². The Morgan fingerprint density at radius 2 is 1.30 bits per heavy atom. The van der Waals surface area contributed by atoms with Crippen molar-refractivity contribution < 1.29 is 0 Å². The summed E-state index contributed by atoms with van der Waals surface area (Å²) in [5, 5.41) is 9.67. The quantitative estimate of drug-likeness (QED) is 0.443. The minimum Gasteiger partial charge on any atom is -0.192 e. The van der Waals surface area contributed by atoms with Crippen molar-refractivity contribution in [1.82, 2.24) is 0 Å². The van der Waals surface area contributed by atoms with Gasteiger partial charge in [0.15, 0.2) is 0 Å². The second-order valence-corrected chi connectivity index (χ2v) is 10.1. The summed E-state index contributed by atoms with van der Waals surface area (Å²) in [5.74, 6) is 3.46. The summed E-state index contributed by atoms with van der Waals surface area (Å²) in [4.78, 5) is 0. The van der Waals surface area contributed by atoms with Crippen molar-refractivity contribution >= 4 is 0 Å². The molecule has 4 saturated carbocycles. The van der Waals surface area contributed by atoms with Crippen LogP contribution in [-0.2, 0) is 5.41 Å². The smallest absolute Gasteiger partial charge is 0.0998 e.